The van der Waals surface area contributed by atoms with E-state index >= 15 is 0 Å². The highest BCUT2D eigenvalue weighted by Gasteiger charge is 2.22. The lowest BCUT2D eigenvalue weighted by Gasteiger charge is -2.13. The van der Waals surface area contributed by atoms with Crippen LogP contribution >= 0.6 is 0 Å². The molecule has 6 heteroatoms. The molecule has 0 heterocycles. The van der Waals surface area contributed by atoms with Crippen LogP contribution in [0.5, 0.6) is 0 Å². The summed E-state index contributed by atoms with van der Waals surface area (Å²) in [7, 11) is 0. The standard InChI is InChI=1S/C19H20FN3O2/c20-17-8-4-3-7-16(17)18(24)21-9-10-22-19(25)23-15-11-13-5-1-2-6-14(13)12-15/h1-8,15H,9-12H2,(H,21,24)(H2,22,23,25). The summed E-state index contributed by atoms with van der Waals surface area (Å²) in [6.07, 6.45) is 1.65. The van der Waals surface area contributed by atoms with Gasteiger partial charge in [0.05, 0.1) is 5.56 Å². The quantitative estimate of drug-likeness (QED) is 0.728. The van der Waals surface area contributed by atoms with Crippen LogP contribution in [0.1, 0.15) is 21.5 Å². The Bertz CT molecular complexity index is 754. The van der Waals surface area contributed by atoms with Gasteiger partial charge in [0, 0.05) is 19.1 Å². The zero-order valence-electron chi connectivity index (χ0n) is 13.7. The highest BCUT2D eigenvalue weighted by atomic mass is 19.1. The van der Waals surface area contributed by atoms with Crippen molar-refractivity contribution in [3.63, 3.8) is 0 Å². The van der Waals surface area contributed by atoms with Gasteiger partial charge in [-0.3, -0.25) is 4.79 Å². The Morgan fingerprint density at radius 2 is 1.52 bits per heavy atom. The number of halogens is 1. The van der Waals surface area contributed by atoms with Crippen molar-refractivity contribution in [2.75, 3.05) is 13.1 Å². The summed E-state index contributed by atoms with van der Waals surface area (Å²) < 4.78 is 13.5. The summed E-state index contributed by atoms with van der Waals surface area (Å²) >= 11 is 0. The topological polar surface area (TPSA) is 70.2 Å². The van der Waals surface area contributed by atoms with Crippen molar-refractivity contribution in [3.05, 3.63) is 71.0 Å². The lowest BCUT2D eigenvalue weighted by molar-refractivity contribution is 0.0949. The summed E-state index contributed by atoms with van der Waals surface area (Å²) in [6.45, 7) is 0.497. The molecule has 1 aliphatic carbocycles. The van der Waals surface area contributed by atoms with Gasteiger partial charge in [0.2, 0.25) is 0 Å². The Hall–Kier alpha value is -2.89. The first-order valence-electron chi connectivity index (χ1n) is 8.27. The Morgan fingerprint density at radius 3 is 2.20 bits per heavy atom. The van der Waals surface area contributed by atoms with Gasteiger partial charge in [-0.05, 0) is 36.1 Å². The normalized spacial score (nSPS) is 13.2. The van der Waals surface area contributed by atoms with E-state index in [1.54, 1.807) is 6.07 Å². The molecule has 130 valence electrons. The summed E-state index contributed by atoms with van der Waals surface area (Å²) in [6, 6.07) is 13.8. The van der Waals surface area contributed by atoms with Crippen LogP contribution in [0, 0.1) is 5.82 Å². The number of hydrogen-bond donors (Lipinski definition) is 3. The highest BCUT2D eigenvalue weighted by molar-refractivity contribution is 5.94. The van der Waals surface area contributed by atoms with Crippen LogP contribution in [0.25, 0.3) is 0 Å². The molecule has 0 bridgehead atoms. The monoisotopic (exact) mass is 341 g/mol. The molecule has 5 nitrogen and oxygen atoms in total. The molecule has 3 rings (SSSR count). The van der Waals surface area contributed by atoms with Crippen LogP contribution in [0.2, 0.25) is 0 Å². The van der Waals surface area contributed by atoms with Crippen LogP contribution in [0.15, 0.2) is 48.5 Å². The zero-order valence-corrected chi connectivity index (χ0v) is 13.7. The fourth-order valence-corrected chi connectivity index (χ4v) is 2.99. The zero-order chi connectivity index (χ0) is 17.6. The Balaban J connectivity index is 1.36. The van der Waals surface area contributed by atoms with Crippen LogP contribution in [0.4, 0.5) is 9.18 Å². The van der Waals surface area contributed by atoms with E-state index in [0.717, 1.165) is 12.8 Å². The molecule has 0 unspecified atom stereocenters. The van der Waals surface area contributed by atoms with E-state index in [4.69, 9.17) is 0 Å². The van der Waals surface area contributed by atoms with Crippen molar-refractivity contribution in [2.24, 2.45) is 0 Å². The number of benzene rings is 2. The van der Waals surface area contributed by atoms with Gasteiger partial charge in [-0.25, -0.2) is 9.18 Å². The van der Waals surface area contributed by atoms with Gasteiger partial charge >= 0.3 is 6.03 Å². The third-order valence-corrected chi connectivity index (χ3v) is 4.20. The first kappa shape index (κ1) is 17.0. The van der Waals surface area contributed by atoms with Gasteiger partial charge in [-0.15, -0.1) is 0 Å². The minimum atomic E-state index is -0.563. The molecule has 0 aliphatic heterocycles. The van der Waals surface area contributed by atoms with Crippen molar-refractivity contribution in [3.8, 4) is 0 Å². The molecule has 0 atom stereocenters. The molecule has 0 aromatic heterocycles. The van der Waals surface area contributed by atoms with E-state index in [2.05, 4.69) is 28.1 Å². The Labute approximate surface area is 145 Å². The molecular formula is C19H20FN3O2. The summed E-state index contributed by atoms with van der Waals surface area (Å²) in [4.78, 5) is 23.8. The van der Waals surface area contributed by atoms with E-state index in [1.165, 1.54) is 29.3 Å². The second-order valence-corrected chi connectivity index (χ2v) is 6.01. The van der Waals surface area contributed by atoms with Gasteiger partial charge < -0.3 is 16.0 Å². The lowest BCUT2D eigenvalue weighted by atomic mass is 10.1. The summed E-state index contributed by atoms with van der Waals surface area (Å²) in [5.41, 5.74) is 2.53. The molecule has 0 fully saturated rings. The van der Waals surface area contributed by atoms with Gasteiger partial charge in [0.15, 0.2) is 0 Å². The Kier molecular flexibility index (Phi) is 5.28. The van der Waals surface area contributed by atoms with Crippen LogP contribution in [-0.4, -0.2) is 31.1 Å². The van der Waals surface area contributed by atoms with Gasteiger partial charge in [-0.1, -0.05) is 36.4 Å². The molecule has 0 saturated carbocycles. The molecule has 0 saturated heterocycles. The number of nitrogens with one attached hydrogen (secondary N) is 3. The van der Waals surface area contributed by atoms with Crippen molar-refractivity contribution in [2.45, 2.75) is 18.9 Å². The Morgan fingerprint density at radius 1 is 0.920 bits per heavy atom. The van der Waals surface area contributed by atoms with Gasteiger partial charge in [0.25, 0.3) is 5.91 Å². The predicted molar refractivity (Wildman–Crippen MR) is 92.9 cm³/mol. The first-order chi connectivity index (χ1) is 12.1. The largest absolute Gasteiger partial charge is 0.350 e. The van der Waals surface area contributed by atoms with E-state index in [-0.39, 0.29) is 30.7 Å². The molecule has 2 aromatic rings. The van der Waals surface area contributed by atoms with Crippen molar-refractivity contribution in [1.82, 2.24) is 16.0 Å². The van der Waals surface area contributed by atoms with Crippen LogP contribution in [0.3, 0.4) is 0 Å². The van der Waals surface area contributed by atoms with Crippen molar-refractivity contribution in [1.29, 1.82) is 0 Å². The number of carbonyl (C=O) groups is 2. The third kappa shape index (κ3) is 4.35. The molecule has 0 radical (unpaired) electrons. The molecule has 2 aromatic carbocycles. The van der Waals surface area contributed by atoms with E-state index in [9.17, 15) is 14.0 Å². The second kappa shape index (κ2) is 7.79. The minimum Gasteiger partial charge on any atom is -0.350 e. The van der Waals surface area contributed by atoms with Crippen LogP contribution in [-0.2, 0) is 12.8 Å². The van der Waals surface area contributed by atoms with Crippen molar-refractivity contribution < 1.29 is 14.0 Å². The fraction of sp³-hybridized carbons (Fsp3) is 0.263. The molecule has 3 N–H and O–H groups in total. The fourth-order valence-electron chi connectivity index (χ4n) is 2.99. The molecule has 25 heavy (non-hydrogen) atoms. The maximum Gasteiger partial charge on any atom is 0.315 e. The maximum atomic E-state index is 13.5. The maximum absolute atomic E-state index is 13.5. The van der Waals surface area contributed by atoms with Crippen LogP contribution < -0.4 is 16.0 Å². The average molecular weight is 341 g/mol. The van der Waals surface area contributed by atoms with E-state index in [0.29, 0.717) is 0 Å². The first-order valence-corrected chi connectivity index (χ1v) is 8.27. The van der Waals surface area contributed by atoms with Gasteiger partial charge in [-0.2, -0.15) is 0 Å². The molecule has 3 amide bonds. The SMILES string of the molecule is O=C(NCCNC(=O)c1ccccc1F)NC1Cc2ccccc2C1. The molecular weight excluding hydrogens is 321 g/mol. The molecule has 1 aliphatic rings. The number of amides is 3. The van der Waals surface area contributed by atoms with E-state index in [1.807, 2.05) is 12.1 Å². The van der Waals surface area contributed by atoms with E-state index < -0.39 is 11.7 Å². The number of carbonyl (C=O) groups excluding carboxylic acids is 2. The highest BCUT2D eigenvalue weighted by Crippen LogP contribution is 2.21. The predicted octanol–water partition coefficient (Wildman–Crippen LogP) is 2.02. The smallest absolute Gasteiger partial charge is 0.315 e. The number of urea groups is 1. The third-order valence-electron chi connectivity index (χ3n) is 4.20. The number of hydrogen-bond acceptors (Lipinski definition) is 2. The van der Waals surface area contributed by atoms with Gasteiger partial charge in [0.1, 0.15) is 5.82 Å². The average Bonchev–Trinajstić information content (AvgIpc) is 3.01. The lowest BCUT2D eigenvalue weighted by Crippen LogP contribution is -2.45. The minimum absolute atomic E-state index is 0.00401. The summed E-state index contributed by atoms with van der Waals surface area (Å²) in [5, 5.41) is 8.21. The number of fused-ring (bicyclic) bond motifs is 1. The second-order valence-electron chi connectivity index (χ2n) is 6.01. The number of rotatable bonds is 5. The summed E-state index contributed by atoms with van der Waals surface area (Å²) in [5.74, 6) is -1.06. The molecule has 0 spiro atoms. The van der Waals surface area contributed by atoms with Crippen molar-refractivity contribution >= 4 is 11.9 Å².